The third kappa shape index (κ3) is 5.33. The zero-order chi connectivity index (χ0) is 15.9. The predicted molar refractivity (Wildman–Crippen MR) is 102 cm³/mol. The van der Waals surface area contributed by atoms with Gasteiger partial charge in [-0.2, -0.15) is 5.10 Å². The Morgan fingerprint density at radius 1 is 1.25 bits per heavy atom. The number of rotatable bonds is 4. The summed E-state index contributed by atoms with van der Waals surface area (Å²) in [6.45, 7) is 0.564. The summed E-state index contributed by atoms with van der Waals surface area (Å²) in [5.41, 5.74) is 8.13. The summed E-state index contributed by atoms with van der Waals surface area (Å²) in [7, 11) is 0. The lowest BCUT2D eigenvalue weighted by Gasteiger charge is -2.16. The molecule has 1 aliphatic rings. The van der Waals surface area contributed by atoms with Crippen LogP contribution in [-0.2, 0) is 6.54 Å². The first kappa shape index (κ1) is 18.4. The SMILES string of the molecule is Br.NC(=NCc1cccc(-n2cncn2)c1)NC1CCCCCC1. The van der Waals surface area contributed by atoms with Crippen LogP contribution in [0.5, 0.6) is 0 Å². The van der Waals surface area contributed by atoms with Gasteiger partial charge in [-0.3, -0.25) is 0 Å². The van der Waals surface area contributed by atoms with Crippen LogP contribution in [0.25, 0.3) is 5.69 Å². The van der Waals surface area contributed by atoms with Crippen LogP contribution in [-0.4, -0.2) is 26.8 Å². The Balaban J connectivity index is 0.00000208. The van der Waals surface area contributed by atoms with Gasteiger partial charge >= 0.3 is 0 Å². The summed E-state index contributed by atoms with van der Waals surface area (Å²) >= 11 is 0. The van der Waals surface area contributed by atoms with E-state index in [0.29, 0.717) is 18.5 Å². The molecule has 3 rings (SSSR count). The predicted octanol–water partition coefficient (Wildman–Crippen LogP) is 2.97. The second-order valence-electron chi connectivity index (χ2n) is 6.04. The molecule has 0 spiro atoms. The van der Waals surface area contributed by atoms with E-state index in [1.165, 1.54) is 44.9 Å². The van der Waals surface area contributed by atoms with E-state index in [1.54, 1.807) is 11.0 Å². The second-order valence-corrected chi connectivity index (χ2v) is 6.04. The number of hydrogen-bond donors (Lipinski definition) is 2. The summed E-state index contributed by atoms with van der Waals surface area (Å²) in [4.78, 5) is 8.45. The van der Waals surface area contributed by atoms with Crippen LogP contribution in [0.1, 0.15) is 44.1 Å². The number of benzene rings is 1. The largest absolute Gasteiger partial charge is 0.370 e. The second kappa shape index (κ2) is 9.42. The molecule has 1 aliphatic carbocycles. The molecule has 0 radical (unpaired) electrons. The van der Waals surface area contributed by atoms with E-state index in [1.807, 2.05) is 18.2 Å². The highest BCUT2D eigenvalue weighted by molar-refractivity contribution is 8.93. The third-order valence-corrected chi connectivity index (χ3v) is 4.23. The van der Waals surface area contributed by atoms with Crippen molar-refractivity contribution in [1.29, 1.82) is 0 Å². The lowest BCUT2D eigenvalue weighted by Crippen LogP contribution is -2.39. The standard InChI is InChI=1S/C17H24N6.BrH/c18-17(22-15-7-3-1-2-4-8-15)20-11-14-6-5-9-16(10-14)23-13-19-12-21-23;/h5-6,9-10,12-13,15H,1-4,7-8,11H2,(H3,18,20,22);1H. The van der Waals surface area contributed by atoms with Crippen LogP contribution in [0.4, 0.5) is 0 Å². The topological polar surface area (TPSA) is 81.1 Å². The molecule has 1 saturated carbocycles. The molecule has 1 heterocycles. The number of aliphatic imine (C=N–C) groups is 1. The van der Waals surface area contributed by atoms with Crippen molar-refractivity contribution in [2.75, 3.05) is 0 Å². The normalized spacial score (nSPS) is 16.2. The van der Waals surface area contributed by atoms with Crippen molar-refractivity contribution in [2.45, 2.75) is 51.1 Å². The Morgan fingerprint density at radius 2 is 2.04 bits per heavy atom. The highest BCUT2D eigenvalue weighted by Crippen LogP contribution is 2.17. The van der Waals surface area contributed by atoms with Crippen molar-refractivity contribution in [3.63, 3.8) is 0 Å². The first-order valence-corrected chi connectivity index (χ1v) is 8.32. The summed E-state index contributed by atoms with van der Waals surface area (Å²) < 4.78 is 1.74. The zero-order valence-corrected chi connectivity index (χ0v) is 15.5. The number of nitrogens with two attached hydrogens (primary N) is 1. The monoisotopic (exact) mass is 392 g/mol. The Morgan fingerprint density at radius 3 is 2.75 bits per heavy atom. The van der Waals surface area contributed by atoms with E-state index < -0.39 is 0 Å². The molecule has 1 aromatic heterocycles. The number of nitrogens with one attached hydrogen (secondary N) is 1. The molecule has 1 aromatic carbocycles. The fourth-order valence-electron chi connectivity index (χ4n) is 2.99. The molecule has 1 fully saturated rings. The van der Waals surface area contributed by atoms with Crippen molar-refractivity contribution < 1.29 is 0 Å². The van der Waals surface area contributed by atoms with Crippen LogP contribution >= 0.6 is 17.0 Å². The first-order chi connectivity index (χ1) is 11.3. The molecular weight excluding hydrogens is 368 g/mol. The maximum atomic E-state index is 6.05. The summed E-state index contributed by atoms with van der Waals surface area (Å²) in [5, 5.41) is 7.51. The molecule has 0 saturated heterocycles. The van der Waals surface area contributed by atoms with Gasteiger partial charge in [-0.1, -0.05) is 37.8 Å². The van der Waals surface area contributed by atoms with E-state index in [9.17, 15) is 0 Å². The molecule has 6 nitrogen and oxygen atoms in total. The fraction of sp³-hybridized carbons (Fsp3) is 0.471. The molecule has 7 heteroatoms. The molecule has 130 valence electrons. The summed E-state index contributed by atoms with van der Waals surface area (Å²) in [6.07, 6.45) is 10.8. The molecule has 0 atom stereocenters. The van der Waals surface area contributed by atoms with Gasteiger partial charge in [0.2, 0.25) is 0 Å². The molecule has 0 unspecified atom stereocenters. The highest BCUT2D eigenvalue weighted by atomic mass is 79.9. The molecule has 2 aromatic rings. The van der Waals surface area contributed by atoms with Crippen molar-refractivity contribution in [3.8, 4) is 5.69 Å². The van der Waals surface area contributed by atoms with Gasteiger partial charge < -0.3 is 11.1 Å². The van der Waals surface area contributed by atoms with Gasteiger partial charge in [-0.25, -0.2) is 14.7 Å². The lowest BCUT2D eigenvalue weighted by atomic mass is 10.1. The minimum absolute atomic E-state index is 0. The quantitative estimate of drug-likeness (QED) is 0.476. The third-order valence-electron chi connectivity index (χ3n) is 4.23. The summed E-state index contributed by atoms with van der Waals surface area (Å²) in [6, 6.07) is 8.56. The number of hydrogen-bond acceptors (Lipinski definition) is 3. The zero-order valence-electron chi connectivity index (χ0n) is 13.8. The molecule has 3 N–H and O–H groups in total. The van der Waals surface area contributed by atoms with E-state index in [-0.39, 0.29) is 17.0 Å². The average molecular weight is 393 g/mol. The molecule has 0 bridgehead atoms. The van der Waals surface area contributed by atoms with Gasteiger partial charge in [-0.15, -0.1) is 17.0 Å². The average Bonchev–Trinajstić information content (AvgIpc) is 2.99. The maximum absolute atomic E-state index is 6.05. The van der Waals surface area contributed by atoms with Gasteiger partial charge in [0.05, 0.1) is 12.2 Å². The van der Waals surface area contributed by atoms with Crippen molar-refractivity contribution in [1.82, 2.24) is 20.1 Å². The van der Waals surface area contributed by atoms with Crippen molar-refractivity contribution >= 4 is 22.9 Å². The molecule has 24 heavy (non-hydrogen) atoms. The van der Waals surface area contributed by atoms with Crippen molar-refractivity contribution in [3.05, 3.63) is 42.5 Å². The smallest absolute Gasteiger partial charge is 0.189 e. The number of aromatic nitrogens is 3. The summed E-state index contributed by atoms with van der Waals surface area (Å²) in [5.74, 6) is 0.544. The van der Waals surface area contributed by atoms with Crippen LogP contribution in [0, 0.1) is 0 Å². The Labute approximate surface area is 153 Å². The van der Waals surface area contributed by atoms with Gasteiger partial charge in [0.1, 0.15) is 12.7 Å². The maximum Gasteiger partial charge on any atom is 0.189 e. The van der Waals surface area contributed by atoms with Gasteiger partial charge in [0.15, 0.2) is 5.96 Å². The number of guanidine groups is 1. The Kier molecular flexibility index (Phi) is 7.24. The lowest BCUT2D eigenvalue weighted by molar-refractivity contribution is 0.530. The number of halogens is 1. The molecule has 0 amide bonds. The fourth-order valence-corrected chi connectivity index (χ4v) is 2.99. The molecule has 0 aliphatic heterocycles. The minimum Gasteiger partial charge on any atom is -0.370 e. The Hall–Kier alpha value is -1.89. The van der Waals surface area contributed by atoms with E-state index in [0.717, 1.165) is 11.3 Å². The van der Waals surface area contributed by atoms with E-state index in [2.05, 4.69) is 26.5 Å². The first-order valence-electron chi connectivity index (χ1n) is 8.32. The molecular formula is C17H25BrN6. The van der Waals surface area contributed by atoms with Crippen LogP contribution in [0.3, 0.4) is 0 Å². The minimum atomic E-state index is 0. The van der Waals surface area contributed by atoms with E-state index >= 15 is 0 Å². The van der Waals surface area contributed by atoms with Gasteiger partial charge in [-0.05, 0) is 30.5 Å². The van der Waals surface area contributed by atoms with Crippen molar-refractivity contribution in [2.24, 2.45) is 10.7 Å². The van der Waals surface area contributed by atoms with Gasteiger partial charge in [0.25, 0.3) is 0 Å². The van der Waals surface area contributed by atoms with Crippen LogP contribution < -0.4 is 11.1 Å². The highest BCUT2D eigenvalue weighted by Gasteiger charge is 2.12. The van der Waals surface area contributed by atoms with E-state index in [4.69, 9.17) is 5.73 Å². The Bertz CT molecular complexity index is 632. The number of nitrogens with zero attached hydrogens (tertiary/aromatic N) is 4. The van der Waals surface area contributed by atoms with Crippen LogP contribution in [0.2, 0.25) is 0 Å². The van der Waals surface area contributed by atoms with Gasteiger partial charge in [0, 0.05) is 6.04 Å². The van der Waals surface area contributed by atoms with Crippen LogP contribution in [0.15, 0.2) is 41.9 Å².